The van der Waals surface area contributed by atoms with E-state index in [9.17, 15) is 9.35 Å². The summed E-state index contributed by atoms with van der Waals surface area (Å²) in [5, 5.41) is 0. The molecule has 5 nitrogen and oxygen atoms in total. The van der Waals surface area contributed by atoms with Crippen LogP contribution < -0.4 is 4.72 Å². The minimum atomic E-state index is -1.29. The maximum atomic E-state index is 12.3. The highest BCUT2D eigenvalue weighted by Gasteiger charge is 2.31. The van der Waals surface area contributed by atoms with Crippen molar-refractivity contribution in [2.75, 3.05) is 6.61 Å². The summed E-state index contributed by atoms with van der Waals surface area (Å²) in [6.07, 6.45) is 1.76. The molecule has 1 aromatic heterocycles. The van der Waals surface area contributed by atoms with Crippen LogP contribution in [0.3, 0.4) is 0 Å². The van der Waals surface area contributed by atoms with Crippen molar-refractivity contribution in [3.8, 4) is 0 Å². The minimum Gasteiger partial charge on any atom is -0.598 e. The first kappa shape index (κ1) is 18.4. The van der Waals surface area contributed by atoms with Crippen LogP contribution in [0.2, 0.25) is 0 Å². The van der Waals surface area contributed by atoms with Crippen LogP contribution in [0.15, 0.2) is 22.9 Å². The molecule has 1 heterocycles. The number of aromatic nitrogens is 1. The van der Waals surface area contributed by atoms with E-state index in [4.69, 9.17) is 4.74 Å². The summed E-state index contributed by atoms with van der Waals surface area (Å²) < 4.78 is 20.5. The molecule has 0 bridgehead atoms. The number of hydrogen-bond acceptors (Lipinski definition) is 5. The third kappa shape index (κ3) is 6.34. The number of esters is 1. The van der Waals surface area contributed by atoms with Gasteiger partial charge in [-0.1, -0.05) is 0 Å². The molecule has 0 aromatic carbocycles. The number of carbonyl (C=O) groups is 1. The molecule has 7 heteroatoms. The van der Waals surface area contributed by atoms with E-state index in [0.717, 1.165) is 5.56 Å². The first-order valence-corrected chi connectivity index (χ1v) is 8.63. The van der Waals surface area contributed by atoms with E-state index >= 15 is 0 Å². The molecule has 0 amide bonds. The fourth-order valence-corrected chi connectivity index (χ4v) is 2.77. The number of pyridine rings is 1. The number of carbonyl (C=O) groups excluding carboxylic acids is 1. The van der Waals surface area contributed by atoms with Crippen LogP contribution in [0, 0.1) is 0 Å². The highest BCUT2D eigenvalue weighted by molar-refractivity contribution is 9.10. The van der Waals surface area contributed by atoms with Crippen molar-refractivity contribution in [3.63, 3.8) is 0 Å². The number of rotatable bonds is 6. The second kappa shape index (κ2) is 8.12. The van der Waals surface area contributed by atoms with E-state index in [1.54, 1.807) is 25.3 Å². The van der Waals surface area contributed by atoms with Crippen LogP contribution in [0.25, 0.3) is 0 Å². The fourth-order valence-electron chi connectivity index (χ4n) is 1.55. The normalized spacial score (nSPS) is 14.6. The maximum absolute atomic E-state index is 12.3. The molecule has 2 atom stereocenters. The van der Waals surface area contributed by atoms with Crippen molar-refractivity contribution in [2.24, 2.45) is 0 Å². The average molecular weight is 377 g/mol. The van der Waals surface area contributed by atoms with Gasteiger partial charge in [0.2, 0.25) is 0 Å². The van der Waals surface area contributed by atoms with Crippen molar-refractivity contribution >= 4 is 33.3 Å². The van der Waals surface area contributed by atoms with Gasteiger partial charge >= 0.3 is 5.97 Å². The van der Waals surface area contributed by atoms with Gasteiger partial charge in [0.05, 0.1) is 19.1 Å². The molecule has 0 saturated carbocycles. The first-order valence-electron chi connectivity index (χ1n) is 6.69. The van der Waals surface area contributed by atoms with Crippen LogP contribution in [-0.2, 0) is 20.9 Å². The van der Waals surface area contributed by atoms with Gasteiger partial charge in [0, 0.05) is 17.6 Å². The van der Waals surface area contributed by atoms with Crippen LogP contribution >= 0.6 is 15.9 Å². The lowest BCUT2D eigenvalue weighted by atomic mass is 10.1. The van der Waals surface area contributed by atoms with Gasteiger partial charge in [-0.25, -0.2) is 4.98 Å². The predicted octanol–water partition coefficient (Wildman–Crippen LogP) is 2.89. The Hall–Kier alpha value is -0.630. The molecule has 0 saturated heterocycles. The van der Waals surface area contributed by atoms with Crippen LogP contribution in [0.1, 0.15) is 45.7 Å². The quantitative estimate of drug-likeness (QED) is 0.469. The van der Waals surface area contributed by atoms with Crippen LogP contribution in [0.4, 0.5) is 0 Å². The Morgan fingerprint density at radius 3 is 2.76 bits per heavy atom. The van der Waals surface area contributed by atoms with Crippen molar-refractivity contribution in [2.45, 2.75) is 44.9 Å². The van der Waals surface area contributed by atoms with E-state index in [0.29, 0.717) is 11.2 Å². The second-order valence-electron chi connectivity index (χ2n) is 5.47. The fraction of sp³-hybridized carbons (Fsp3) is 0.571. The van der Waals surface area contributed by atoms with Gasteiger partial charge in [0.15, 0.2) is 0 Å². The molecule has 1 aromatic rings. The maximum Gasteiger partial charge on any atom is 0.307 e. The number of halogens is 1. The van der Waals surface area contributed by atoms with Crippen molar-refractivity contribution in [1.82, 2.24) is 9.71 Å². The SMILES string of the molecule is CCOC(=O)CC(N[S+]([O-])C(C)(C)C)c1ccnc(Br)c1. The standard InChI is InChI=1S/C14H21BrN2O3S/c1-5-20-13(18)9-11(17-21(19)14(2,3)4)10-6-7-16-12(15)8-10/h6-8,11,17H,5,9H2,1-4H3. The van der Waals surface area contributed by atoms with Gasteiger partial charge in [0.25, 0.3) is 0 Å². The molecule has 118 valence electrons. The molecule has 1 N–H and O–H groups in total. The third-order valence-corrected chi connectivity index (χ3v) is 4.68. The van der Waals surface area contributed by atoms with Gasteiger partial charge in [-0.3, -0.25) is 4.79 Å². The molecule has 0 aliphatic heterocycles. The molecule has 2 unspecified atom stereocenters. The summed E-state index contributed by atoms with van der Waals surface area (Å²) in [6, 6.07) is 3.21. The predicted molar refractivity (Wildman–Crippen MR) is 87.0 cm³/mol. The van der Waals surface area contributed by atoms with Gasteiger partial charge in [-0.15, -0.1) is 4.72 Å². The topological polar surface area (TPSA) is 74.3 Å². The largest absolute Gasteiger partial charge is 0.598 e. The van der Waals surface area contributed by atoms with E-state index in [2.05, 4.69) is 25.6 Å². The number of ether oxygens (including phenoxy) is 1. The van der Waals surface area contributed by atoms with Crippen molar-refractivity contribution in [3.05, 3.63) is 28.5 Å². The highest BCUT2D eigenvalue weighted by atomic mass is 79.9. The van der Waals surface area contributed by atoms with Crippen LogP contribution in [-0.4, -0.2) is 26.9 Å². The smallest absolute Gasteiger partial charge is 0.307 e. The summed E-state index contributed by atoms with van der Waals surface area (Å²) >= 11 is 2.01. The molecule has 0 fully saturated rings. The number of hydrogen-bond donors (Lipinski definition) is 1. The molecule has 21 heavy (non-hydrogen) atoms. The van der Waals surface area contributed by atoms with E-state index in [1.807, 2.05) is 20.8 Å². The summed E-state index contributed by atoms with van der Waals surface area (Å²) in [5.41, 5.74) is 0.836. The molecule has 0 radical (unpaired) electrons. The Kier molecular flexibility index (Phi) is 7.12. The highest BCUT2D eigenvalue weighted by Crippen LogP contribution is 2.24. The Bertz CT molecular complexity index is 480. The minimum absolute atomic E-state index is 0.117. The van der Waals surface area contributed by atoms with Crippen LogP contribution in [0.5, 0.6) is 0 Å². The summed E-state index contributed by atoms with van der Waals surface area (Å²) in [5.74, 6) is -0.325. The zero-order valence-electron chi connectivity index (χ0n) is 12.7. The Balaban J connectivity index is 2.92. The number of nitrogens with zero attached hydrogens (tertiary/aromatic N) is 1. The third-order valence-electron chi connectivity index (χ3n) is 2.63. The lowest BCUT2D eigenvalue weighted by Gasteiger charge is -2.27. The van der Waals surface area contributed by atoms with Gasteiger partial charge in [0.1, 0.15) is 9.35 Å². The molecule has 1 rings (SSSR count). The van der Waals surface area contributed by atoms with Gasteiger partial charge in [-0.2, -0.15) is 0 Å². The second-order valence-corrected chi connectivity index (χ2v) is 8.28. The molecular formula is C14H21BrN2O3S. The first-order chi connectivity index (χ1) is 9.74. The van der Waals surface area contributed by atoms with E-state index < -0.39 is 16.1 Å². The zero-order valence-corrected chi connectivity index (χ0v) is 15.1. The lowest BCUT2D eigenvalue weighted by Crippen LogP contribution is -2.42. The summed E-state index contributed by atoms with van der Waals surface area (Å²) in [7, 11) is 0. The molecular weight excluding hydrogens is 356 g/mol. The Morgan fingerprint density at radius 2 is 2.24 bits per heavy atom. The summed E-state index contributed by atoms with van der Waals surface area (Å²) in [4.78, 5) is 15.8. The van der Waals surface area contributed by atoms with Crippen molar-refractivity contribution < 1.29 is 14.1 Å². The Morgan fingerprint density at radius 1 is 1.57 bits per heavy atom. The monoisotopic (exact) mass is 376 g/mol. The Labute approximate surface area is 137 Å². The van der Waals surface area contributed by atoms with E-state index in [1.165, 1.54) is 0 Å². The number of nitrogens with one attached hydrogen (secondary N) is 1. The van der Waals surface area contributed by atoms with Crippen molar-refractivity contribution in [1.29, 1.82) is 0 Å². The lowest BCUT2D eigenvalue weighted by molar-refractivity contribution is -0.143. The van der Waals surface area contributed by atoms with Gasteiger partial charge in [-0.05, 0) is 61.3 Å². The molecule has 0 spiro atoms. The average Bonchev–Trinajstić information content (AvgIpc) is 2.37. The molecule has 0 aliphatic rings. The molecule has 0 aliphatic carbocycles. The van der Waals surface area contributed by atoms with E-state index in [-0.39, 0.29) is 18.4 Å². The van der Waals surface area contributed by atoms with Gasteiger partial charge < -0.3 is 9.29 Å². The zero-order chi connectivity index (χ0) is 16.0. The summed E-state index contributed by atoms with van der Waals surface area (Å²) in [6.45, 7) is 7.71.